The van der Waals surface area contributed by atoms with Gasteiger partial charge in [0.25, 0.3) is 0 Å². The van der Waals surface area contributed by atoms with E-state index in [1.807, 2.05) is 47.6 Å². The van der Waals surface area contributed by atoms with Gasteiger partial charge in [-0.2, -0.15) is 5.10 Å². The molecular formula is C27H45F2N5O4S. The molecule has 2 aromatic heterocycles. The third-order valence-electron chi connectivity index (χ3n) is 5.65. The van der Waals surface area contributed by atoms with Gasteiger partial charge in [0, 0.05) is 26.5 Å². The minimum Gasteiger partial charge on any atom is -0.444 e. The third kappa shape index (κ3) is 13.6. The van der Waals surface area contributed by atoms with Crippen LogP contribution >= 0.6 is 0 Å². The van der Waals surface area contributed by atoms with Crippen molar-refractivity contribution in [2.24, 2.45) is 0 Å². The summed E-state index contributed by atoms with van der Waals surface area (Å²) in [5.74, 6) is -2.32. The Bertz CT molecular complexity index is 1070. The highest BCUT2D eigenvalue weighted by Crippen LogP contribution is 2.32. The number of carbonyl (C=O) groups is 1. The molecule has 0 radical (unpaired) electrons. The van der Waals surface area contributed by atoms with E-state index < -0.39 is 28.6 Å². The van der Waals surface area contributed by atoms with Crippen LogP contribution in [0.4, 0.5) is 13.6 Å². The topological polar surface area (TPSA) is 107 Å². The molecular weight excluding hydrogens is 528 g/mol. The molecule has 2 fully saturated rings. The number of alkyl carbamates (subject to hydrolysis) is 1. The summed E-state index contributed by atoms with van der Waals surface area (Å²) in [7, 11) is 0.612. The zero-order valence-electron chi connectivity index (χ0n) is 24.3. The van der Waals surface area contributed by atoms with Gasteiger partial charge in [0.2, 0.25) is 5.92 Å². The summed E-state index contributed by atoms with van der Waals surface area (Å²) in [6.45, 7) is 11.9. The molecule has 1 atom stereocenters. The number of halogens is 2. The van der Waals surface area contributed by atoms with E-state index in [1.54, 1.807) is 24.0 Å². The lowest BCUT2D eigenvalue weighted by atomic mass is 9.97. The van der Waals surface area contributed by atoms with Crippen molar-refractivity contribution in [3.63, 3.8) is 0 Å². The first-order valence-corrected chi connectivity index (χ1v) is 14.6. The molecule has 2 saturated carbocycles. The van der Waals surface area contributed by atoms with Crippen LogP contribution in [0.5, 0.6) is 0 Å². The van der Waals surface area contributed by atoms with Crippen LogP contribution in [0.25, 0.3) is 5.65 Å². The Kier molecular flexibility index (Phi) is 12.2. The van der Waals surface area contributed by atoms with Gasteiger partial charge in [0.15, 0.2) is 5.65 Å². The number of aromatic nitrogens is 3. The number of nitrogens with one attached hydrogen (secondary N) is 2. The van der Waals surface area contributed by atoms with Crippen LogP contribution in [0.15, 0.2) is 18.5 Å². The zero-order valence-corrected chi connectivity index (χ0v) is 25.1. The number of fused-ring (bicyclic) bond motifs is 1. The standard InChI is InChI=1S/C17H27N5O3S.C6H10F2.C4H8O/c1-16(2,3)25-15(23)18-10-13-11-22-14(21-13)7-12(8-19-22)9-20-26(24)17(4,5)6;7-6(8)4-2-1-3-5-6;1-5-4-2-3-4/h7-8,11,20H,9-10H2,1-6H3,(H,18,23);1-5H2;4H,2-3H2,1H3. The SMILES string of the molecule is CC(C)(C)OC(=O)NCc1cn2ncc(CNS(=O)C(C)(C)C)cc2n1.COC1CC1.FC1(F)CCCCC1. The highest BCUT2D eigenvalue weighted by atomic mass is 32.2. The molecule has 222 valence electrons. The summed E-state index contributed by atoms with van der Waals surface area (Å²) >= 11 is 0. The van der Waals surface area contributed by atoms with Crippen molar-refractivity contribution in [1.29, 1.82) is 0 Å². The van der Waals surface area contributed by atoms with E-state index in [2.05, 4.69) is 20.1 Å². The van der Waals surface area contributed by atoms with Crippen LogP contribution in [0.1, 0.15) is 97.7 Å². The Morgan fingerprint density at radius 1 is 1.13 bits per heavy atom. The lowest BCUT2D eigenvalue weighted by Gasteiger charge is -2.20. The van der Waals surface area contributed by atoms with E-state index in [1.165, 1.54) is 12.8 Å². The fourth-order valence-corrected chi connectivity index (χ4v) is 4.09. The fourth-order valence-electron chi connectivity index (χ4n) is 3.36. The van der Waals surface area contributed by atoms with Crippen LogP contribution in [0.2, 0.25) is 0 Å². The number of rotatable bonds is 6. The summed E-state index contributed by atoms with van der Waals surface area (Å²) in [4.78, 5) is 16.2. The van der Waals surface area contributed by atoms with Crippen molar-refractivity contribution in [1.82, 2.24) is 24.6 Å². The van der Waals surface area contributed by atoms with Crippen LogP contribution in [-0.2, 0) is 33.5 Å². The second-order valence-electron chi connectivity index (χ2n) is 11.8. The maximum absolute atomic E-state index is 12.2. The van der Waals surface area contributed by atoms with Crippen molar-refractivity contribution in [3.8, 4) is 0 Å². The van der Waals surface area contributed by atoms with Gasteiger partial charge in [-0.05, 0) is 78.9 Å². The average Bonchev–Trinajstić information content (AvgIpc) is 3.58. The lowest BCUT2D eigenvalue weighted by molar-refractivity contribution is -0.0337. The van der Waals surface area contributed by atoms with Crippen molar-refractivity contribution in [3.05, 3.63) is 29.7 Å². The predicted octanol–water partition coefficient (Wildman–Crippen LogP) is 5.69. The first-order chi connectivity index (χ1) is 18.1. The second-order valence-corrected chi connectivity index (χ2v) is 13.9. The number of hydrogen-bond donors (Lipinski definition) is 2. The summed E-state index contributed by atoms with van der Waals surface area (Å²) in [6, 6.07) is 1.87. The molecule has 1 amide bonds. The van der Waals surface area contributed by atoms with E-state index in [0.29, 0.717) is 36.8 Å². The molecule has 39 heavy (non-hydrogen) atoms. The van der Waals surface area contributed by atoms with Crippen LogP contribution in [-0.4, -0.2) is 54.4 Å². The highest BCUT2D eigenvalue weighted by Gasteiger charge is 2.30. The van der Waals surface area contributed by atoms with E-state index in [-0.39, 0.29) is 24.1 Å². The molecule has 9 nitrogen and oxygen atoms in total. The highest BCUT2D eigenvalue weighted by molar-refractivity contribution is 7.84. The first-order valence-electron chi connectivity index (χ1n) is 13.4. The van der Waals surface area contributed by atoms with E-state index in [4.69, 9.17) is 9.47 Å². The van der Waals surface area contributed by atoms with Crippen molar-refractivity contribution >= 4 is 22.7 Å². The molecule has 2 aliphatic rings. The van der Waals surface area contributed by atoms with Crippen LogP contribution in [0.3, 0.4) is 0 Å². The van der Waals surface area contributed by atoms with Gasteiger partial charge in [-0.3, -0.25) is 0 Å². The van der Waals surface area contributed by atoms with Crippen molar-refractivity contribution in [2.45, 2.75) is 122 Å². The molecule has 2 N–H and O–H groups in total. The zero-order chi connectivity index (χ0) is 29.3. The summed E-state index contributed by atoms with van der Waals surface area (Å²) in [6.07, 6.45) is 8.83. The number of alkyl halides is 2. The number of nitrogens with zero attached hydrogens (tertiary/aromatic N) is 3. The minimum atomic E-state index is -2.32. The number of methoxy groups -OCH3 is 1. The molecule has 2 aliphatic carbocycles. The normalized spacial score (nSPS) is 17.8. The van der Waals surface area contributed by atoms with Crippen LogP contribution in [0, 0.1) is 0 Å². The quantitative estimate of drug-likeness (QED) is 0.460. The predicted molar refractivity (Wildman–Crippen MR) is 149 cm³/mol. The summed E-state index contributed by atoms with van der Waals surface area (Å²) < 4.78 is 50.8. The number of hydrogen-bond acceptors (Lipinski definition) is 6. The number of amides is 1. The molecule has 12 heteroatoms. The molecule has 1 unspecified atom stereocenters. The van der Waals surface area contributed by atoms with Gasteiger partial charge in [-0.25, -0.2) is 32.0 Å². The molecule has 0 bridgehead atoms. The Labute approximate surface area is 233 Å². The average molecular weight is 574 g/mol. The van der Waals surface area contributed by atoms with Gasteiger partial charge < -0.3 is 14.8 Å². The monoisotopic (exact) mass is 573 g/mol. The summed E-state index contributed by atoms with van der Waals surface area (Å²) in [5, 5.41) is 6.97. The Morgan fingerprint density at radius 2 is 1.77 bits per heavy atom. The maximum atomic E-state index is 12.2. The van der Waals surface area contributed by atoms with E-state index in [0.717, 1.165) is 12.0 Å². The fraction of sp³-hybridized carbons (Fsp3) is 0.741. The van der Waals surface area contributed by atoms with Crippen LogP contribution < -0.4 is 10.0 Å². The first kappa shape index (κ1) is 33.0. The number of ether oxygens (including phenoxy) is 2. The maximum Gasteiger partial charge on any atom is 0.407 e. The smallest absolute Gasteiger partial charge is 0.407 e. The third-order valence-corrected chi connectivity index (χ3v) is 7.16. The number of carbonyl (C=O) groups excluding carboxylic acids is 1. The Balaban J connectivity index is 0.000000331. The lowest BCUT2D eigenvalue weighted by Crippen LogP contribution is -2.32. The Morgan fingerprint density at radius 3 is 2.23 bits per heavy atom. The van der Waals surface area contributed by atoms with Gasteiger partial charge in [0.1, 0.15) is 5.60 Å². The minimum absolute atomic E-state index is 0.118. The summed E-state index contributed by atoms with van der Waals surface area (Å²) in [5.41, 5.74) is 1.67. The van der Waals surface area contributed by atoms with Gasteiger partial charge in [-0.1, -0.05) is 6.42 Å². The van der Waals surface area contributed by atoms with Crippen molar-refractivity contribution in [2.75, 3.05) is 7.11 Å². The second kappa shape index (κ2) is 14.5. The van der Waals surface area contributed by atoms with Crippen molar-refractivity contribution < 1.29 is 27.3 Å². The van der Waals surface area contributed by atoms with E-state index >= 15 is 0 Å². The molecule has 0 aromatic carbocycles. The number of imidazole rings is 1. The molecule has 4 rings (SSSR count). The van der Waals surface area contributed by atoms with E-state index in [9.17, 15) is 17.8 Å². The molecule has 2 heterocycles. The molecule has 0 saturated heterocycles. The Hall–Kier alpha value is -2.18. The van der Waals surface area contributed by atoms with Gasteiger partial charge in [0.05, 0.1) is 46.5 Å². The van der Waals surface area contributed by atoms with Gasteiger partial charge in [-0.15, -0.1) is 0 Å². The van der Waals surface area contributed by atoms with Gasteiger partial charge >= 0.3 is 6.09 Å². The largest absolute Gasteiger partial charge is 0.444 e. The molecule has 2 aromatic rings. The molecule has 0 aliphatic heterocycles. The molecule has 0 spiro atoms.